The number of hydrogen-bond acceptors (Lipinski definition) is 3. The zero-order chi connectivity index (χ0) is 14.0. The van der Waals surface area contributed by atoms with Crippen molar-refractivity contribution in [3.63, 3.8) is 0 Å². The van der Waals surface area contributed by atoms with E-state index in [4.69, 9.17) is 18.0 Å². The fourth-order valence-corrected chi connectivity index (χ4v) is 3.67. The van der Waals surface area contributed by atoms with Crippen molar-refractivity contribution in [1.29, 1.82) is 0 Å². The van der Waals surface area contributed by atoms with Gasteiger partial charge in [0.25, 0.3) is 0 Å². The molecule has 4 nitrogen and oxygen atoms in total. The summed E-state index contributed by atoms with van der Waals surface area (Å²) in [4.78, 5) is 17.3. The summed E-state index contributed by atoms with van der Waals surface area (Å²) in [5, 5.41) is 0. The average Bonchev–Trinajstić information content (AvgIpc) is 2.74. The van der Waals surface area contributed by atoms with Gasteiger partial charge in [-0.3, -0.25) is 9.69 Å². The third-order valence-electron chi connectivity index (χ3n) is 4.82. The number of likely N-dealkylation sites (N-methyl/N-ethyl adjacent to an activating group) is 2. The predicted octanol–water partition coefficient (Wildman–Crippen LogP) is 1.39. The molecule has 1 amide bonds. The van der Waals surface area contributed by atoms with Crippen LogP contribution in [0.1, 0.15) is 39.0 Å². The molecular formula is C14H25N3OS. The van der Waals surface area contributed by atoms with Crippen LogP contribution in [0, 0.1) is 5.41 Å². The first-order chi connectivity index (χ1) is 9.01. The summed E-state index contributed by atoms with van der Waals surface area (Å²) in [5.74, 6) is 0.134. The summed E-state index contributed by atoms with van der Waals surface area (Å²) in [6, 6.07) is 0.502. The van der Waals surface area contributed by atoms with E-state index in [2.05, 4.69) is 11.8 Å². The van der Waals surface area contributed by atoms with Crippen LogP contribution >= 0.6 is 12.2 Å². The monoisotopic (exact) mass is 283 g/mol. The van der Waals surface area contributed by atoms with Crippen molar-refractivity contribution in [3.8, 4) is 0 Å². The van der Waals surface area contributed by atoms with Crippen LogP contribution in [0.2, 0.25) is 0 Å². The van der Waals surface area contributed by atoms with E-state index < -0.39 is 5.41 Å². The highest BCUT2D eigenvalue weighted by molar-refractivity contribution is 7.80. The lowest BCUT2D eigenvalue weighted by atomic mass is 9.67. The summed E-state index contributed by atoms with van der Waals surface area (Å²) in [7, 11) is 1.90. The molecule has 0 aromatic heterocycles. The predicted molar refractivity (Wildman–Crippen MR) is 81.0 cm³/mol. The van der Waals surface area contributed by atoms with Gasteiger partial charge in [0.2, 0.25) is 5.91 Å². The third kappa shape index (κ3) is 2.63. The van der Waals surface area contributed by atoms with Crippen molar-refractivity contribution in [1.82, 2.24) is 9.80 Å². The SMILES string of the molecule is CCN1CCCC1CN(C)C(=O)C1(C(N)=S)CCC1. The van der Waals surface area contributed by atoms with Gasteiger partial charge in [0, 0.05) is 19.6 Å². The standard InChI is InChI=1S/C14H25N3OS/c1-3-17-9-4-6-11(17)10-16(2)13(18)14(12(15)19)7-5-8-14/h11H,3-10H2,1-2H3,(H2,15,19). The summed E-state index contributed by atoms with van der Waals surface area (Å²) in [5.41, 5.74) is 5.28. The molecule has 0 aromatic carbocycles. The van der Waals surface area contributed by atoms with Gasteiger partial charge in [-0.15, -0.1) is 0 Å². The van der Waals surface area contributed by atoms with E-state index in [0.29, 0.717) is 11.0 Å². The third-order valence-corrected chi connectivity index (χ3v) is 5.22. The van der Waals surface area contributed by atoms with Gasteiger partial charge in [-0.25, -0.2) is 0 Å². The Morgan fingerprint density at radius 1 is 1.47 bits per heavy atom. The number of carbonyl (C=O) groups is 1. The number of hydrogen-bond donors (Lipinski definition) is 1. The van der Waals surface area contributed by atoms with Gasteiger partial charge >= 0.3 is 0 Å². The minimum absolute atomic E-state index is 0.134. The highest BCUT2D eigenvalue weighted by atomic mass is 32.1. The number of thiocarbonyl (C=S) groups is 1. The zero-order valence-electron chi connectivity index (χ0n) is 12.0. The Hall–Kier alpha value is -0.680. The van der Waals surface area contributed by atoms with E-state index in [1.165, 1.54) is 12.8 Å². The highest BCUT2D eigenvalue weighted by Gasteiger charge is 2.48. The van der Waals surface area contributed by atoms with Crippen LogP contribution in [0.3, 0.4) is 0 Å². The first-order valence-corrected chi connectivity index (χ1v) is 7.71. The maximum Gasteiger partial charge on any atom is 0.235 e. The van der Waals surface area contributed by atoms with Crippen LogP contribution in [0.5, 0.6) is 0 Å². The van der Waals surface area contributed by atoms with E-state index in [-0.39, 0.29) is 5.91 Å². The Labute approximate surface area is 121 Å². The molecule has 0 aromatic rings. The van der Waals surface area contributed by atoms with Gasteiger partial charge in [-0.05, 0) is 38.8 Å². The van der Waals surface area contributed by atoms with Crippen LogP contribution in [-0.4, -0.2) is 53.4 Å². The van der Waals surface area contributed by atoms with E-state index in [1.807, 2.05) is 11.9 Å². The molecule has 1 heterocycles. The van der Waals surface area contributed by atoms with Gasteiger partial charge in [0.05, 0.1) is 10.4 Å². The van der Waals surface area contributed by atoms with Crippen LogP contribution in [0.4, 0.5) is 0 Å². The molecule has 2 rings (SSSR count). The maximum atomic E-state index is 12.6. The molecule has 1 unspecified atom stereocenters. The van der Waals surface area contributed by atoms with Crippen molar-refractivity contribution in [2.45, 2.75) is 45.1 Å². The maximum absolute atomic E-state index is 12.6. The highest BCUT2D eigenvalue weighted by Crippen LogP contribution is 2.42. The number of amides is 1. The Kier molecular flexibility index (Phi) is 4.46. The van der Waals surface area contributed by atoms with Gasteiger partial charge in [0.1, 0.15) is 0 Å². The molecule has 1 aliphatic carbocycles. The van der Waals surface area contributed by atoms with E-state index in [9.17, 15) is 4.79 Å². The molecular weight excluding hydrogens is 258 g/mol. The Morgan fingerprint density at radius 3 is 2.63 bits per heavy atom. The summed E-state index contributed by atoms with van der Waals surface area (Å²) >= 11 is 5.12. The quantitative estimate of drug-likeness (QED) is 0.775. The van der Waals surface area contributed by atoms with Crippen molar-refractivity contribution >= 4 is 23.1 Å². The van der Waals surface area contributed by atoms with E-state index in [1.54, 1.807) is 0 Å². The van der Waals surface area contributed by atoms with Crippen LogP contribution in [0.15, 0.2) is 0 Å². The summed E-state index contributed by atoms with van der Waals surface area (Å²) in [6.45, 7) is 5.20. The minimum atomic E-state index is -0.528. The van der Waals surface area contributed by atoms with Gasteiger partial charge in [-0.2, -0.15) is 0 Å². The fraction of sp³-hybridized carbons (Fsp3) is 0.857. The van der Waals surface area contributed by atoms with Crippen molar-refractivity contribution < 1.29 is 4.79 Å². The second kappa shape index (κ2) is 5.75. The molecule has 1 atom stereocenters. The minimum Gasteiger partial charge on any atom is -0.392 e. The zero-order valence-corrected chi connectivity index (χ0v) is 12.8. The molecule has 19 heavy (non-hydrogen) atoms. The van der Waals surface area contributed by atoms with Gasteiger partial charge in [-0.1, -0.05) is 25.6 Å². The molecule has 1 saturated carbocycles. The number of likely N-dealkylation sites (tertiary alicyclic amines) is 1. The average molecular weight is 283 g/mol. The molecule has 2 fully saturated rings. The van der Waals surface area contributed by atoms with Gasteiger partial charge < -0.3 is 10.6 Å². The lowest BCUT2D eigenvalue weighted by Gasteiger charge is -2.42. The van der Waals surface area contributed by atoms with Crippen molar-refractivity contribution in [2.75, 3.05) is 26.7 Å². The molecule has 0 spiro atoms. The molecule has 1 aliphatic heterocycles. The van der Waals surface area contributed by atoms with Gasteiger partial charge in [0.15, 0.2) is 0 Å². The molecule has 0 bridgehead atoms. The molecule has 0 radical (unpaired) electrons. The molecule has 2 aliphatic rings. The second-order valence-electron chi connectivity index (χ2n) is 5.91. The first-order valence-electron chi connectivity index (χ1n) is 7.31. The van der Waals surface area contributed by atoms with Crippen molar-refractivity contribution in [3.05, 3.63) is 0 Å². The number of nitrogens with two attached hydrogens (primary N) is 1. The number of rotatable bonds is 5. The van der Waals surface area contributed by atoms with Crippen LogP contribution in [-0.2, 0) is 4.79 Å². The molecule has 2 N–H and O–H groups in total. The van der Waals surface area contributed by atoms with E-state index >= 15 is 0 Å². The van der Waals surface area contributed by atoms with Crippen LogP contribution in [0.25, 0.3) is 0 Å². The molecule has 5 heteroatoms. The van der Waals surface area contributed by atoms with E-state index in [0.717, 1.165) is 38.9 Å². The smallest absolute Gasteiger partial charge is 0.235 e. The summed E-state index contributed by atoms with van der Waals surface area (Å²) in [6.07, 6.45) is 5.13. The largest absolute Gasteiger partial charge is 0.392 e. The first kappa shape index (κ1) is 14.7. The van der Waals surface area contributed by atoms with Crippen LogP contribution < -0.4 is 5.73 Å². The lowest BCUT2D eigenvalue weighted by Crippen LogP contribution is -2.55. The fourth-order valence-electron chi connectivity index (χ4n) is 3.38. The molecule has 108 valence electrons. The Bertz CT molecular complexity index is 368. The second-order valence-corrected chi connectivity index (χ2v) is 6.35. The normalized spacial score (nSPS) is 25.9. The van der Waals surface area contributed by atoms with Crippen molar-refractivity contribution in [2.24, 2.45) is 11.1 Å². The Morgan fingerprint density at radius 2 is 2.16 bits per heavy atom. The number of nitrogens with zero attached hydrogens (tertiary/aromatic N) is 2. The molecule has 1 saturated heterocycles. The number of carbonyl (C=O) groups excluding carboxylic acids is 1. The summed E-state index contributed by atoms with van der Waals surface area (Å²) < 4.78 is 0. The Balaban J connectivity index is 1.97. The topological polar surface area (TPSA) is 49.6 Å². The lowest BCUT2D eigenvalue weighted by molar-refractivity contribution is -0.141.